The van der Waals surface area contributed by atoms with Gasteiger partial charge < -0.3 is 5.32 Å². The van der Waals surface area contributed by atoms with Crippen LogP contribution in [0.15, 0.2) is 6.20 Å². The van der Waals surface area contributed by atoms with E-state index in [1.54, 1.807) is 6.92 Å². The van der Waals surface area contributed by atoms with Crippen molar-refractivity contribution in [2.45, 2.75) is 26.6 Å². The zero-order valence-electron chi connectivity index (χ0n) is 9.43. The van der Waals surface area contributed by atoms with E-state index >= 15 is 0 Å². The molecule has 2 aromatic rings. The number of thiazole rings is 1. The van der Waals surface area contributed by atoms with Crippen molar-refractivity contribution in [1.29, 1.82) is 0 Å². The van der Waals surface area contributed by atoms with Gasteiger partial charge in [0.15, 0.2) is 4.96 Å². The summed E-state index contributed by atoms with van der Waals surface area (Å²) >= 11 is 1.53. The molecule has 1 N–H and O–H groups in total. The number of aromatic nitrogens is 2. The Morgan fingerprint density at radius 1 is 1.41 bits per heavy atom. The Balaban J connectivity index is 2.14. The molecule has 7 heteroatoms. The van der Waals surface area contributed by atoms with E-state index in [1.807, 2.05) is 17.5 Å². The second-order valence-electron chi connectivity index (χ2n) is 3.86. The lowest BCUT2D eigenvalue weighted by atomic mass is 10.3. The van der Waals surface area contributed by atoms with Crippen molar-refractivity contribution in [3.63, 3.8) is 0 Å². The van der Waals surface area contributed by atoms with Crippen molar-refractivity contribution < 1.29 is 13.2 Å². The Labute approximate surface area is 100 Å². The van der Waals surface area contributed by atoms with E-state index < -0.39 is 12.7 Å². The third-order valence-corrected chi connectivity index (χ3v) is 3.26. The van der Waals surface area contributed by atoms with Crippen molar-refractivity contribution in [1.82, 2.24) is 14.7 Å². The maximum atomic E-state index is 12.0. The number of nitrogens with zero attached hydrogens (tertiary/aromatic N) is 2. The van der Waals surface area contributed by atoms with Crippen LogP contribution >= 0.6 is 11.3 Å². The van der Waals surface area contributed by atoms with Gasteiger partial charge in [0.05, 0.1) is 17.9 Å². The lowest BCUT2D eigenvalue weighted by Crippen LogP contribution is -2.28. The molecule has 2 heterocycles. The van der Waals surface area contributed by atoms with Gasteiger partial charge in [-0.05, 0) is 13.8 Å². The van der Waals surface area contributed by atoms with Gasteiger partial charge in [0, 0.05) is 17.6 Å². The Morgan fingerprint density at radius 3 is 2.76 bits per heavy atom. The van der Waals surface area contributed by atoms with Crippen LogP contribution in [0.3, 0.4) is 0 Å². The van der Waals surface area contributed by atoms with E-state index in [0.717, 1.165) is 21.2 Å². The molecule has 0 aliphatic heterocycles. The predicted octanol–water partition coefficient (Wildman–Crippen LogP) is 2.66. The van der Waals surface area contributed by atoms with E-state index in [1.165, 1.54) is 11.3 Å². The zero-order valence-corrected chi connectivity index (χ0v) is 10.2. The molecule has 17 heavy (non-hydrogen) atoms. The minimum atomic E-state index is -4.18. The van der Waals surface area contributed by atoms with Crippen LogP contribution in [0, 0.1) is 13.8 Å². The van der Waals surface area contributed by atoms with Gasteiger partial charge in [-0.25, -0.2) is 4.98 Å². The van der Waals surface area contributed by atoms with Gasteiger partial charge in [0.25, 0.3) is 0 Å². The summed E-state index contributed by atoms with van der Waals surface area (Å²) < 4.78 is 37.9. The van der Waals surface area contributed by atoms with Gasteiger partial charge in [-0.3, -0.25) is 4.40 Å². The number of alkyl halides is 3. The van der Waals surface area contributed by atoms with Crippen molar-refractivity contribution in [3.8, 4) is 0 Å². The molecular weight excluding hydrogens is 251 g/mol. The summed E-state index contributed by atoms with van der Waals surface area (Å²) in [6, 6.07) is 0. The molecule has 2 rings (SSSR count). The van der Waals surface area contributed by atoms with Crippen LogP contribution in [0.4, 0.5) is 13.2 Å². The van der Waals surface area contributed by atoms with Crippen LogP contribution in [-0.2, 0) is 6.54 Å². The average Bonchev–Trinajstić information content (AvgIpc) is 2.62. The van der Waals surface area contributed by atoms with E-state index in [9.17, 15) is 13.2 Å². The summed E-state index contributed by atoms with van der Waals surface area (Å²) in [4.78, 5) is 6.22. The van der Waals surface area contributed by atoms with Gasteiger partial charge in [0.2, 0.25) is 0 Å². The normalized spacial score (nSPS) is 12.5. The molecule has 2 aromatic heterocycles. The molecule has 0 atom stereocenters. The highest BCUT2D eigenvalue weighted by Gasteiger charge is 2.26. The molecule has 0 amide bonds. The minimum Gasteiger partial charge on any atom is -0.303 e. The maximum Gasteiger partial charge on any atom is 0.401 e. The van der Waals surface area contributed by atoms with Crippen LogP contribution in [0.25, 0.3) is 4.96 Å². The van der Waals surface area contributed by atoms with E-state index in [2.05, 4.69) is 10.3 Å². The van der Waals surface area contributed by atoms with Gasteiger partial charge in [0.1, 0.15) is 0 Å². The van der Waals surface area contributed by atoms with Crippen LogP contribution in [0.2, 0.25) is 0 Å². The Hall–Kier alpha value is -1.08. The van der Waals surface area contributed by atoms with Crippen LogP contribution in [0.1, 0.15) is 16.3 Å². The summed E-state index contributed by atoms with van der Waals surface area (Å²) in [6.45, 7) is 2.94. The summed E-state index contributed by atoms with van der Waals surface area (Å²) in [5.74, 6) is 0. The molecule has 0 fully saturated rings. The highest BCUT2D eigenvalue weighted by atomic mass is 32.1. The molecule has 0 aromatic carbocycles. The van der Waals surface area contributed by atoms with Gasteiger partial charge in [-0.1, -0.05) is 0 Å². The molecule has 0 aliphatic rings. The number of fused-ring (bicyclic) bond motifs is 1. The number of halogens is 3. The van der Waals surface area contributed by atoms with E-state index in [-0.39, 0.29) is 6.54 Å². The number of nitrogens with one attached hydrogen (secondary N) is 1. The van der Waals surface area contributed by atoms with Crippen LogP contribution in [0.5, 0.6) is 0 Å². The van der Waals surface area contributed by atoms with E-state index in [0.29, 0.717) is 0 Å². The largest absolute Gasteiger partial charge is 0.401 e. The van der Waals surface area contributed by atoms with Crippen molar-refractivity contribution in [3.05, 3.63) is 22.5 Å². The third-order valence-electron chi connectivity index (χ3n) is 2.36. The fraction of sp³-hybridized carbons (Fsp3) is 0.500. The Kier molecular flexibility index (Phi) is 3.13. The molecule has 94 valence electrons. The molecule has 0 aliphatic carbocycles. The average molecular weight is 263 g/mol. The van der Waals surface area contributed by atoms with Gasteiger partial charge in [-0.15, -0.1) is 11.3 Å². The number of aryl methyl sites for hydroxylation is 2. The fourth-order valence-corrected chi connectivity index (χ4v) is 2.53. The first kappa shape index (κ1) is 12.4. The summed E-state index contributed by atoms with van der Waals surface area (Å²) in [5.41, 5.74) is 1.56. The van der Waals surface area contributed by atoms with Crippen LogP contribution in [-0.4, -0.2) is 22.1 Å². The number of hydrogen-bond acceptors (Lipinski definition) is 3. The lowest BCUT2D eigenvalue weighted by Gasteiger charge is -2.08. The van der Waals surface area contributed by atoms with Crippen LogP contribution < -0.4 is 5.32 Å². The Morgan fingerprint density at radius 2 is 2.12 bits per heavy atom. The highest BCUT2D eigenvalue weighted by Crippen LogP contribution is 2.21. The summed E-state index contributed by atoms with van der Waals surface area (Å²) in [6.07, 6.45) is -2.28. The quantitative estimate of drug-likeness (QED) is 0.922. The predicted molar refractivity (Wildman–Crippen MR) is 60.3 cm³/mol. The number of hydrogen-bond donors (Lipinski definition) is 1. The second kappa shape index (κ2) is 4.30. The molecule has 0 bridgehead atoms. The Bertz CT molecular complexity index is 527. The van der Waals surface area contributed by atoms with Crippen molar-refractivity contribution in [2.75, 3.05) is 6.54 Å². The maximum absolute atomic E-state index is 12.0. The lowest BCUT2D eigenvalue weighted by molar-refractivity contribution is -0.125. The topological polar surface area (TPSA) is 29.3 Å². The number of rotatable bonds is 3. The fourth-order valence-electron chi connectivity index (χ4n) is 1.64. The smallest absolute Gasteiger partial charge is 0.303 e. The highest BCUT2D eigenvalue weighted by molar-refractivity contribution is 7.17. The summed E-state index contributed by atoms with van der Waals surface area (Å²) in [7, 11) is 0. The third kappa shape index (κ3) is 2.78. The monoisotopic (exact) mass is 263 g/mol. The van der Waals surface area contributed by atoms with Crippen molar-refractivity contribution >= 4 is 16.3 Å². The molecular formula is C10H12F3N3S. The first-order valence-corrected chi connectivity index (χ1v) is 5.90. The standard InChI is InChI=1S/C10H12F3N3S/c1-6-4-16-8(3-14-5-10(11,12)13)7(2)15-9(16)17-6/h4,14H,3,5H2,1-2H3. The summed E-state index contributed by atoms with van der Waals surface area (Å²) in [5, 5.41) is 2.39. The minimum absolute atomic E-state index is 0.169. The molecule has 3 nitrogen and oxygen atoms in total. The van der Waals surface area contributed by atoms with Crippen molar-refractivity contribution in [2.24, 2.45) is 0 Å². The number of imidazole rings is 1. The molecule has 0 saturated heterocycles. The molecule has 0 unspecified atom stereocenters. The second-order valence-corrected chi connectivity index (χ2v) is 5.07. The van der Waals surface area contributed by atoms with E-state index in [4.69, 9.17) is 0 Å². The molecule has 0 saturated carbocycles. The zero-order chi connectivity index (χ0) is 12.6. The molecule has 0 spiro atoms. The molecule has 0 radical (unpaired) electrons. The van der Waals surface area contributed by atoms with Gasteiger partial charge in [-0.2, -0.15) is 13.2 Å². The first-order valence-electron chi connectivity index (χ1n) is 5.08. The first-order chi connectivity index (χ1) is 7.87. The van der Waals surface area contributed by atoms with Gasteiger partial charge >= 0.3 is 6.18 Å². The SMILES string of the molecule is Cc1cn2c(CNCC(F)(F)F)c(C)nc2s1.